The molecule has 2 aromatic heterocycles. The van der Waals surface area contributed by atoms with Crippen molar-refractivity contribution in [3.63, 3.8) is 0 Å². The molecule has 4 heterocycles. The zero-order valence-electron chi connectivity index (χ0n) is 33.3. The van der Waals surface area contributed by atoms with Gasteiger partial charge in [-0.05, 0) is 128 Å². The lowest BCUT2D eigenvalue weighted by Gasteiger charge is -2.32. The highest BCUT2D eigenvalue weighted by atomic mass is 32.1. The van der Waals surface area contributed by atoms with Crippen molar-refractivity contribution in [1.82, 2.24) is 0 Å². The van der Waals surface area contributed by atoms with Crippen LogP contribution >= 0.6 is 22.7 Å². The first-order chi connectivity index (χ1) is 24.6. The Labute approximate surface area is 322 Å². The van der Waals surface area contributed by atoms with Gasteiger partial charge in [0.1, 0.15) is 0 Å². The van der Waals surface area contributed by atoms with Gasteiger partial charge in [-0.15, -0.1) is 22.7 Å². The minimum atomic E-state index is -0.375. The second-order valence-electron chi connectivity index (χ2n) is 16.0. The van der Waals surface area contributed by atoms with E-state index in [9.17, 15) is 0 Å². The average molecular weight is 747 g/mol. The molecule has 2 fully saturated rings. The summed E-state index contributed by atoms with van der Waals surface area (Å²) in [7, 11) is -0.734. The molecule has 0 spiro atoms. The standard InChI is InChI=1S/C42H60B2O6S2/c1-11-13-25-45-27-23-33-29-37(43-47-39(3,4)40(5,6)48-43)51-35(33)21-19-31-15-17-32(18-16-31)20-22-36-34(24-28-46-26-14-12-2)30-38(52-36)44-49-41(7,8)42(9,10)50-44/h15-22,29-30H,11-14,23-28H2,1-10H3. The summed E-state index contributed by atoms with van der Waals surface area (Å²) in [6.45, 7) is 24.2. The minimum absolute atomic E-state index is 0.367. The molecule has 2 saturated heterocycles. The van der Waals surface area contributed by atoms with Gasteiger partial charge in [0.15, 0.2) is 0 Å². The van der Waals surface area contributed by atoms with E-state index in [2.05, 4.69) is 130 Å². The summed E-state index contributed by atoms with van der Waals surface area (Å²) in [5.74, 6) is 0. The van der Waals surface area contributed by atoms with Crippen LogP contribution < -0.4 is 9.55 Å². The molecule has 0 atom stereocenters. The Balaban J connectivity index is 1.29. The van der Waals surface area contributed by atoms with Gasteiger partial charge in [0, 0.05) is 32.5 Å². The Morgan fingerprint density at radius 2 is 0.885 bits per heavy atom. The first-order valence-corrected chi connectivity index (χ1v) is 20.9. The lowest BCUT2D eigenvalue weighted by atomic mass is 9.87. The quantitative estimate of drug-likeness (QED) is 0.0956. The Kier molecular flexibility index (Phi) is 14.0. The first kappa shape index (κ1) is 41.2. The van der Waals surface area contributed by atoms with Crippen LogP contribution in [-0.2, 0) is 40.9 Å². The largest absolute Gasteiger partial charge is 0.505 e. The lowest BCUT2D eigenvalue weighted by Crippen LogP contribution is -2.41. The zero-order valence-corrected chi connectivity index (χ0v) is 34.9. The molecule has 2 aliphatic heterocycles. The van der Waals surface area contributed by atoms with Crippen LogP contribution in [0.15, 0.2) is 36.4 Å². The summed E-state index contributed by atoms with van der Waals surface area (Å²) in [6.07, 6.45) is 15.0. The monoisotopic (exact) mass is 746 g/mol. The van der Waals surface area contributed by atoms with Crippen molar-refractivity contribution in [2.75, 3.05) is 26.4 Å². The number of hydrogen-bond donors (Lipinski definition) is 0. The van der Waals surface area contributed by atoms with Crippen molar-refractivity contribution in [3.8, 4) is 0 Å². The minimum Gasteiger partial charge on any atom is -0.399 e. The smallest absolute Gasteiger partial charge is 0.399 e. The fraction of sp³-hybridized carbons (Fsp3) is 0.571. The third-order valence-corrected chi connectivity index (χ3v) is 13.1. The van der Waals surface area contributed by atoms with Gasteiger partial charge in [-0.2, -0.15) is 0 Å². The predicted octanol–water partition coefficient (Wildman–Crippen LogP) is 9.47. The molecular weight excluding hydrogens is 686 g/mol. The predicted molar refractivity (Wildman–Crippen MR) is 223 cm³/mol. The number of ether oxygens (including phenoxy) is 2. The Morgan fingerprint density at radius 3 is 1.21 bits per heavy atom. The molecule has 52 heavy (non-hydrogen) atoms. The third kappa shape index (κ3) is 10.2. The molecular formula is C42H60B2O6S2. The highest BCUT2D eigenvalue weighted by Gasteiger charge is 2.53. The number of benzene rings is 1. The van der Waals surface area contributed by atoms with Crippen molar-refractivity contribution in [2.45, 2.75) is 130 Å². The molecule has 282 valence electrons. The van der Waals surface area contributed by atoms with Gasteiger partial charge in [0.05, 0.1) is 35.6 Å². The van der Waals surface area contributed by atoms with Crippen molar-refractivity contribution in [1.29, 1.82) is 0 Å². The van der Waals surface area contributed by atoms with Gasteiger partial charge in [-0.1, -0.05) is 63.1 Å². The van der Waals surface area contributed by atoms with Crippen LogP contribution in [0.1, 0.15) is 127 Å². The molecule has 0 amide bonds. The highest BCUT2D eigenvalue weighted by molar-refractivity contribution is 7.23. The van der Waals surface area contributed by atoms with E-state index in [0.29, 0.717) is 13.2 Å². The van der Waals surface area contributed by atoms with Crippen LogP contribution in [0.25, 0.3) is 24.3 Å². The lowest BCUT2D eigenvalue weighted by molar-refractivity contribution is 0.00578. The first-order valence-electron chi connectivity index (χ1n) is 19.2. The zero-order chi connectivity index (χ0) is 37.6. The van der Waals surface area contributed by atoms with Crippen molar-refractivity contribution in [3.05, 3.63) is 68.4 Å². The molecule has 0 bridgehead atoms. The van der Waals surface area contributed by atoms with Gasteiger partial charge in [0.25, 0.3) is 0 Å². The Morgan fingerprint density at radius 1 is 0.538 bits per heavy atom. The van der Waals surface area contributed by atoms with Crippen LogP contribution in [0.5, 0.6) is 0 Å². The van der Waals surface area contributed by atoms with Gasteiger partial charge in [0.2, 0.25) is 0 Å². The molecule has 5 rings (SSSR count). The maximum Gasteiger partial charge on any atom is 0.505 e. The fourth-order valence-electron chi connectivity index (χ4n) is 5.88. The van der Waals surface area contributed by atoms with E-state index in [1.807, 2.05) is 0 Å². The van der Waals surface area contributed by atoms with Gasteiger partial charge >= 0.3 is 14.2 Å². The second-order valence-corrected chi connectivity index (χ2v) is 18.2. The molecule has 10 heteroatoms. The molecule has 1 aromatic carbocycles. The van der Waals surface area contributed by atoms with Gasteiger partial charge in [-0.25, -0.2) is 0 Å². The van der Waals surface area contributed by atoms with E-state index in [1.54, 1.807) is 22.7 Å². The van der Waals surface area contributed by atoms with Gasteiger partial charge in [-0.3, -0.25) is 0 Å². The number of rotatable bonds is 18. The molecule has 0 aliphatic carbocycles. The van der Waals surface area contributed by atoms with Crippen molar-refractivity contribution >= 4 is 70.8 Å². The molecule has 6 nitrogen and oxygen atoms in total. The SMILES string of the molecule is CCCCOCCc1cc(B2OC(C)(C)C(C)(C)O2)sc1C=Cc1ccc(C=Cc2sc(B3OC(C)(C)C(C)(C)O3)cc2CCOCCCC)cc1. The highest BCUT2D eigenvalue weighted by Crippen LogP contribution is 2.39. The van der Waals surface area contributed by atoms with Crippen LogP contribution in [0.4, 0.5) is 0 Å². The van der Waals surface area contributed by atoms with Gasteiger partial charge < -0.3 is 28.1 Å². The summed E-state index contributed by atoms with van der Waals surface area (Å²) in [5.41, 5.74) is 3.34. The maximum absolute atomic E-state index is 6.40. The van der Waals surface area contributed by atoms with E-state index in [0.717, 1.165) is 72.4 Å². The number of thiophene rings is 2. The summed E-state index contributed by atoms with van der Waals surface area (Å²) >= 11 is 3.49. The van der Waals surface area contributed by atoms with Crippen LogP contribution in [-0.4, -0.2) is 63.1 Å². The fourth-order valence-corrected chi connectivity index (χ4v) is 8.03. The second kappa shape index (κ2) is 17.6. The van der Waals surface area contributed by atoms with E-state index in [1.165, 1.54) is 20.9 Å². The Bertz CT molecular complexity index is 1500. The number of hydrogen-bond acceptors (Lipinski definition) is 8. The molecule has 0 N–H and O–H groups in total. The molecule has 0 unspecified atom stereocenters. The summed E-state index contributed by atoms with van der Waals surface area (Å²) in [4.78, 5) is 2.43. The average Bonchev–Trinajstić information content (AvgIpc) is 3.80. The third-order valence-electron chi connectivity index (χ3n) is 10.8. The normalized spacial score (nSPS) is 19.2. The molecule has 0 radical (unpaired) electrons. The van der Waals surface area contributed by atoms with E-state index < -0.39 is 0 Å². The van der Waals surface area contributed by atoms with Crippen LogP contribution in [0.3, 0.4) is 0 Å². The maximum atomic E-state index is 6.40. The van der Waals surface area contributed by atoms with Crippen molar-refractivity contribution < 1.29 is 28.1 Å². The Hall–Kier alpha value is -2.01. The summed E-state index contributed by atoms with van der Waals surface area (Å²) in [5, 5.41) is 0. The van der Waals surface area contributed by atoms with Crippen LogP contribution in [0.2, 0.25) is 0 Å². The van der Waals surface area contributed by atoms with Crippen LogP contribution in [0, 0.1) is 0 Å². The van der Waals surface area contributed by atoms with Crippen molar-refractivity contribution in [2.24, 2.45) is 0 Å². The topological polar surface area (TPSA) is 55.4 Å². The molecule has 3 aromatic rings. The van der Waals surface area contributed by atoms with E-state index in [-0.39, 0.29) is 36.6 Å². The summed E-state index contributed by atoms with van der Waals surface area (Å²) < 4.78 is 39.7. The summed E-state index contributed by atoms with van der Waals surface area (Å²) in [6, 6.07) is 13.2. The molecule has 2 aliphatic rings. The molecule has 0 saturated carbocycles. The van der Waals surface area contributed by atoms with E-state index in [4.69, 9.17) is 28.1 Å². The number of unbranched alkanes of at least 4 members (excludes halogenated alkanes) is 2. The van der Waals surface area contributed by atoms with E-state index >= 15 is 0 Å².